The number of para-hydroxylation sites is 1. The number of hydrogen-bond acceptors (Lipinski definition) is 6. The molecule has 7 heteroatoms. The van der Waals surface area contributed by atoms with Gasteiger partial charge < -0.3 is 4.90 Å². The van der Waals surface area contributed by atoms with Gasteiger partial charge in [0.05, 0.1) is 33.3 Å². The maximum atomic E-state index is 11.2. The number of anilines is 1. The van der Waals surface area contributed by atoms with Crippen LogP contribution in [-0.4, -0.2) is 17.0 Å². The van der Waals surface area contributed by atoms with Crippen molar-refractivity contribution in [2.45, 2.75) is 6.54 Å². The second-order valence-corrected chi connectivity index (χ2v) is 6.12. The molecule has 0 atom stereocenters. The lowest BCUT2D eigenvalue weighted by atomic mass is 10.1. The fraction of sp³-hybridized carbons (Fsp3) is 0.125. The van der Waals surface area contributed by atoms with E-state index in [1.807, 2.05) is 30.3 Å². The van der Waals surface area contributed by atoms with Crippen molar-refractivity contribution in [2.75, 3.05) is 11.9 Å². The molecule has 2 aromatic carbocycles. The molecular formula is C16H12N4O2S. The average Bonchev–Trinajstić information content (AvgIpc) is 2.96. The van der Waals surface area contributed by atoms with Gasteiger partial charge in [0.15, 0.2) is 0 Å². The Morgan fingerprint density at radius 2 is 2.13 bits per heavy atom. The second-order valence-electron chi connectivity index (χ2n) is 5.00. The summed E-state index contributed by atoms with van der Waals surface area (Å²) in [5, 5.41) is 21.1. The number of rotatable bonds is 4. The molecule has 1 aromatic heterocycles. The van der Waals surface area contributed by atoms with Gasteiger partial charge in [0.1, 0.15) is 10.7 Å². The van der Waals surface area contributed by atoms with Gasteiger partial charge in [0.25, 0.3) is 5.69 Å². The summed E-state index contributed by atoms with van der Waals surface area (Å²) < 4.78 is 1.08. The van der Waals surface area contributed by atoms with Crippen molar-refractivity contribution in [3.63, 3.8) is 0 Å². The first-order valence-corrected chi connectivity index (χ1v) is 7.64. The zero-order valence-electron chi connectivity index (χ0n) is 12.3. The van der Waals surface area contributed by atoms with E-state index in [1.54, 1.807) is 23.3 Å². The molecule has 0 fully saturated rings. The summed E-state index contributed by atoms with van der Waals surface area (Å²) in [7, 11) is 1.76. The first kappa shape index (κ1) is 14.9. The highest BCUT2D eigenvalue weighted by Crippen LogP contribution is 2.30. The van der Waals surface area contributed by atoms with Gasteiger partial charge in [0, 0.05) is 13.1 Å². The number of fused-ring (bicyclic) bond motifs is 1. The predicted octanol–water partition coefficient (Wildman–Crippen LogP) is 3.71. The Morgan fingerprint density at radius 3 is 2.83 bits per heavy atom. The van der Waals surface area contributed by atoms with Crippen LogP contribution in [0.3, 0.4) is 0 Å². The first-order valence-electron chi connectivity index (χ1n) is 6.82. The molecule has 0 saturated heterocycles. The van der Waals surface area contributed by atoms with E-state index in [1.165, 1.54) is 18.2 Å². The maximum absolute atomic E-state index is 11.2. The first-order chi connectivity index (χ1) is 11.1. The monoisotopic (exact) mass is 324 g/mol. The molecule has 1 heterocycles. The Bertz CT molecular complexity index is 896. The number of thiazole rings is 1. The molecule has 114 valence electrons. The van der Waals surface area contributed by atoms with E-state index < -0.39 is 4.92 Å². The van der Waals surface area contributed by atoms with Gasteiger partial charge >= 0.3 is 0 Å². The summed E-state index contributed by atoms with van der Waals surface area (Å²) in [6.07, 6.45) is 0. The number of nitro groups is 1. The van der Waals surface area contributed by atoms with Gasteiger partial charge in [-0.3, -0.25) is 10.1 Å². The van der Waals surface area contributed by atoms with Crippen LogP contribution in [0.15, 0.2) is 42.5 Å². The fourth-order valence-corrected chi connectivity index (χ4v) is 3.35. The van der Waals surface area contributed by atoms with Crippen LogP contribution in [0.4, 0.5) is 11.4 Å². The summed E-state index contributed by atoms with van der Waals surface area (Å²) >= 11 is 1.56. The molecule has 0 aliphatic rings. The van der Waals surface area contributed by atoms with Gasteiger partial charge in [-0.15, -0.1) is 11.3 Å². The number of hydrogen-bond donors (Lipinski definition) is 0. The van der Waals surface area contributed by atoms with E-state index in [4.69, 9.17) is 5.26 Å². The number of nitro benzene ring substituents is 1. The number of nitriles is 1. The zero-order chi connectivity index (χ0) is 16.4. The van der Waals surface area contributed by atoms with Crippen LogP contribution in [0.1, 0.15) is 10.6 Å². The molecule has 0 bridgehead atoms. The molecule has 0 saturated carbocycles. The van der Waals surface area contributed by atoms with E-state index >= 15 is 0 Å². The van der Waals surface area contributed by atoms with Crippen LogP contribution in [0.25, 0.3) is 10.2 Å². The largest absolute Gasteiger partial charge is 0.362 e. The minimum atomic E-state index is -0.439. The van der Waals surface area contributed by atoms with Crippen molar-refractivity contribution >= 4 is 32.9 Å². The molecule has 3 aromatic rings. The third-order valence-electron chi connectivity index (χ3n) is 3.42. The lowest BCUT2D eigenvalue weighted by molar-refractivity contribution is -0.384. The van der Waals surface area contributed by atoms with Gasteiger partial charge in [-0.2, -0.15) is 5.26 Å². The Hall–Kier alpha value is -2.98. The van der Waals surface area contributed by atoms with E-state index in [9.17, 15) is 10.1 Å². The molecule has 0 N–H and O–H groups in total. The summed E-state index contributed by atoms with van der Waals surface area (Å²) in [6, 6.07) is 14.2. The number of aromatic nitrogens is 1. The van der Waals surface area contributed by atoms with E-state index in [2.05, 4.69) is 4.98 Å². The Kier molecular flexibility index (Phi) is 3.91. The molecular weight excluding hydrogens is 312 g/mol. The highest BCUT2D eigenvalue weighted by molar-refractivity contribution is 7.18. The van der Waals surface area contributed by atoms with Crippen molar-refractivity contribution in [3.8, 4) is 6.07 Å². The summed E-state index contributed by atoms with van der Waals surface area (Å²) in [5.74, 6) is 0. The minimum Gasteiger partial charge on any atom is -0.362 e. The van der Waals surface area contributed by atoms with Gasteiger partial charge in [-0.05, 0) is 24.3 Å². The SMILES string of the molecule is CN(Cc1nc2ccccc2s1)c1cc(C#N)ccc1[N+](=O)[O-]. The average molecular weight is 324 g/mol. The smallest absolute Gasteiger partial charge is 0.292 e. The fourth-order valence-electron chi connectivity index (χ4n) is 2.33. The van der Waals surface area contributed by atoms with Crippen LogP contribution in [0, 0.1) is 21.4 Å². The van der Waals surface area contributed by atoms with Gasteiger partial charge in [-0.25, -0.2) is 4.98 Å². The molecule has 0 amide bonds. The molecule has 23 heavy (non-hydrogen) atoms. The summed E-state index contributed by atoms with van der Waals surface area (Å²) in [4.78, 5) is 17.0. The highest BCUT2D eigenvalue weighted by Gasteiger charge is 2.19. The lowest BCUT2D eigenvalue weighted by Crippen LogP contribution is -2.17. The van der Waals surface area contributed by atoms with Gasteiger partial charge in [-0.1, -0.05) is 12.1 Å². The molecule has 3 rings (SSSR count). The van der Waals surface area contributed by atoms with Crippen molar-refractivity contribution < 1.29 is 4.92 Å². The summed E-state index contributed by atoms with van der Waals surface area (Å²) in [6.45, 7) is 0.440. The molecule has 0 aliphatic heterocycles. The van der Waals surface area contributed by atoms with E-state index in [0.717, 1.165) is 15.2 Å². The molecule has 0 unspecified atom stereocenters. The summed E-state index contributed by atoms with van der Waals surface area (Å²) in [5.41, 5.74) is 1.70. The molecule has 0 spiro atoms. The van der Waals surface area contributed by atoms with Crippen LogP contribution < -0.4 is 4.90 Å². The number of nitrogens with zero attached hydrogens (tertiary/aromatic N) is 4. The lowest BCUT2D eigenvalue weighted by Gasteiger charge is -2.17. The van der Waals surface area contributed by atoms with E-state index in [-0.39, 0.29) is 5.69 Å². The van der Waals surface area contributed by atoms with Crippen LogP contribution >= 0.6 is 11.3 Å². The second kappa shape index (κ2) is 6.02. The number of benzene rings is 2. The Balaban J connectivity index is 1.94. The van der Waals surface area contributed by atoms with Crippen LogP contribution in [0.2, 0.25) is 0 Å². The van der Waals surface area contributed by atoms with Gasteiger partial charge in [0.2, 0.25) is 0 Å². The Labute approximate surface area is 136 Å². The predicted molar refractivity (Wildman–Crippen MR) is 89.5 cm³/mol. The zero-order valence-corrected chi connectivity index (χ0v) is 13.1. The molecule has 6 nitrogen and oxygen atoms in total. The van der Waals surface area contributed by atoms with Crippen LogP contribution in [-0.2, 0) is 6.54 Å². The standard InChI is InChI=1S/C16H12N4O2S/c1-19(10-16-18-12-4-2-3-5-15(12)23-16)14-8-11(9-17)6-7-13(14)20(21)22/h2-8H,10H2,1H3. The topological polar surface area (TPSA) is 83.1 Å². The molecule has 0 aliphatic carbocycles. The highest BCUT2D eigenvalue weighted by atomic mass is 32.1. The van der Waals surface area contributed by atoms with E-state index in [0.29, 0.717) is 17.8 Å². The third-order valence-corrected chi connectivity index (χ3v) is 4.44. The molecule has 0 radical (unpaired) electrons. The minimum absolute atomic E-state index is 0.0207. The van der Waals surface area contributed by atoms with Crippen molar-refractivity contribution in [3.05, 3.63) is 63.1 Å². The third kappa shape index (κ3) is 2.98. The maximum Gasteiger partial charge on any atom is 0.292 e. The quantitative estimate of drug-likeness (QED) is 0.539. The van der Waals surface area contributed by atoms with Crippen LogP contribution in [0.5, 0.6) is 0 Å². The normalized spacial score (nSPS) is 10.4. The Morgan fingerprint density at radius 1 is 1.35 bits per heavy atom. The van der Waals surface area contributed by atoms with Crippen molar-refractivity contribution in [1.29, 1.82) is 5.26 Å². The van der Waals surface area contributed by atoms with Crippen molar-refractivity contribution in [2.24, 2.45) is 0 Å². The van der Waals surface area contributed by atoms with Crippen molar-refractivity contribution in [1.82, 2.24) is 4.98 Å².